The maximum atomic E-state index is 5.65. The van der Waals surface area contributed by atoms with Crippen molar-refractivity contribution in [1.29, 1.82) is 0 Å². The molecule has 2 nitrogen and oxygen atoms in total. The summed E-state index contributed by atoms with van der Waals surface area (Å²) in [6.07, 6.45) is 2.39. The van der Waals surface area contributed by atoms with Crippen LogP contribution in [0.3, 0.4) is 0 Å². The molecule has 0 aromatic heterocycles. The summed E-state index contributed by atoms with van der Waals surface area (Å²) in [5.74, 6) is 0. The van der Waals surface area contributed by atoms with Crippen molar-refractivity contribution in [2.45, 2.75) is 31.9 Å². The predicted molar refractivity (Wildman–Crippen MR) is 89.4 cm³/mol. The molecule has 2 aromatic carbocycles. The molecule has 0 bridgehead atoms. The Morgan fingerprint density at radius 1 is 0.952 bits per heavy atom. The van der Waals surface area contributed by atoms with Crippen LogP contribution in [0, 0.1) is 0 Å². The van der Waals surface area contributed by atoms with Crippen LogP contribution >= 0.6 is 0 Å². The Morgan fingerprint density at radius 2 is 1.57 bits per heavy atom. The van der Waals surface area contributed by atoms with Gasteiger partial charge in [-0.1, -0.05) is 67.9 Å². The Balaban J connectivity index is 2.20. The van der Waals surface area contributed by atoms with Gasteiger partial charge in [-0.25, -0.2) is 0 Å². The minimum Gasteiger partial charge on any atom is -0.379 e. The molecule has 0 aliphatic rings. The molecule has 0 saturated heterocycles. The normalized spacial score (nSPS) is 13.9. The SMILES string of the molecule is CCCC(OC)C(NC)c1ccc(-c2ccccc2)cc1. The highest BCUT2D eigenvalue weighted by atomic mass is 16.5. The Kier molecular flexibility index (Phi) is 5.97. The van der Waals surface area contributed by atoms with Crippen molar-refractivity contribution in [1.82, 2.24) is 5.32 Å². The summed E-state index contributed by atoms with van der Waals surface area (Å²) >= 11 is 0. The zero-order chi connectivity index (χ0) is 15.1. The second kappa shape index (κ2) is 7.96. The maximum absolute atomic E-state index is 5.65. The van der Waals surface area contributed by atoms with E-state index in [1.807, 2.05) is 13.1 Å². The number of hydrogen-bond acceptors (Lipinski definition) is 2. The zero-order valence-corrected chi connectivity index (χ0v) is 13.2. The fraction of sp³-hybridized carbons (Fsp3) is 0.368. The molecular weight excluding hydrogens is 258 g/mol. The van der Waals surface area contributed by atoms with Crippen LogP contribution in [-0.4, -0.2) is 20.3 Å². The third-order valence-electron chi connectivity index (χ3n) is 3.94. The molecule has 2 unspecified atom stereocenters. The van der Waals surface area contributed by atoms with Crippen LogP contribution in [0.25, 0.3) is 11.1 Å². The third-order valence-corrected chi connectivity index (χ3v) is 3.94. The average molecular weight is 283 g/mol. The first-order valence-corrected chi connectivity index (χ1v) is 7.65. The molecule has 0 aliphatic carbocycles. The van der Waals surface area contributed by atoms with Crippen LogP contribution in [-0.2, 0) is 4.74 Å². The minimum absolute atomic E-state index is 0.211. The van der Waals surface area contributed by atoms with Gasteiger partial charge >= 0.3 is 0 Å². The Labute approximate surface area is 128 Å². The maximum Gasteiger partial charge on any atom is 0.0765 e. The van der Waals surface area contributed by atoms with Crippen molar-refractivity contribution in [2.75, 3.05) is 14.2 Å². The van der Waals surface area contributed by atoms with Crippen LogP contribution < -0.4 is 5.32 Å². The van der Waals surface area contributed by atoms with Gasteiger partial charge in [0.1, 0.15) is 0 Å². The quantitative estimate of drug-likeness (QED) is 0.811. The molecule has 2 rings (SSSR count). The van der Waals surface area contributed by atoms with Crippen LogP contribution in [0.1, 0.15) is 31.4 Å². The number of ether oxygens (including phenoxy) is 1. The summed E-state index contributed by atoms with van der Waals surface area (Å²) in [6.45, 7) is 2.19. The summed E-state index contributed by atoms with van der Waals surface area (Å²) in [5, 5.41) is 3.39. The molecule has 0 aliphatic heterocycles. The molecule has 0 radical (unpaired) electrons. The highest BCUT2D eigenvalue weighted by Crippen LogP contribution is 2.25. The standard InChI is InChI=1S/C19H25NO/c1-4-8-18(21-3)19(20-2)17-13-11-16(12-14-17)15-9-6-5-7-10-15/h5-7,9-14,18-20H,4,8H2,1-3H3. The molecule has 0 spiro atoms. The van der Waals surface area contributed by atoms with Crippen LogP contribution in [0.2, 0.25) is 0 Å². The summed E-state index contributed by atoms with van der Waals surface area (Å²) in [4.78, 5) is 0. The van der Waals surface area contributed by atoms with E-state index in [1.165, 1.54) is 16.7 Å². The van der Waals surface area contributed by atoms with Crippen molar-refractivity contribution in [3.05, 3.63) is 60.2 Å². The topological polar surface area (TPSA) is 21.3 Å². The first kappa shape index (κ1) is 15.7. The van der Waals surface area contributed by atoms with E-state index in [4.69, 9.17) is 4.74 Å². The van der Waals surface area contributed by atoms with Gasteiger partial charge < -0.3 is 10.1 Å². The first-order valence-electron chi connectivity index (χ1n) is 7.65. The smallest absolute Gasteiger partial charge is 0.0765 e. The number of nitrogens with one attached hydrogen (secondary N) is 1. The van der Waals surface area contributed by atoms with Gasteiger partial charge in [-0.05, 0) is 30.2 Å². The molecule has 1 N–H and O–H groups in total. The van der Waals surface area contributed by atoms with Crippen molar-refractivity contribution in [3.63, 3.8) is 0 Å². The van der Waals surface area contributed by atoms with Crippen LogP contribution in [0.5, 0.6) is 0 Å². The molecule has 0 saturated carbocycles. The molecule has 0 fully saturated rings. The minimum atomic E-state index is 0.211. The van der Waals surface area contributed by atoms with Crippen molar-refractivity contribution < 1.29 is 4.74 Å². The van der Waals surface area contributed by atoms with E-state index >= 15 is 0 Å². The van der Waals surface area contributed by atoms with Crippen molar-refractivity contribution >= 4 is 0 Å². The molecule has 2 atom stereocenters. The summed E-state index contributed by atoms with van der Waals surface area (Å²) < 4.78 is 5.65. The Hall–Kier alpha value is -1.64. The van der Waals surface area contributed by atoms with Gasteiger partial charge in [-0.3, -0.25) is 0 Å². The highest BCUT2D eigenvalue weighted by Gasteiger charge is 2.20. The third kappa shape index (κ3) is 3.93. The summed E-state index contributed by atoms with van der Waals surface area (Å²) in [7, 11) is 3.79. The van der Waals surface area contributed by atoms with Gasteiger partial charge in [-0.2, -0.15) is 0 Å². The monoisotopic (exact) mass is 283 g/mol. The second-order valence-electron chi connectivity index (χ2n) is 5.32. The molecule has 21 heavy (non-hydrogen) atoms. The molecule has 0 amide bonds. The van der Waals surface area contributed by atoms with Gasteiger partial charge in [0.25, 0.3) is 0 Å². The lowest BCUT2D eigenvalue weighted by molar-refractivity contribution is 0.0630. The van der Waals surface area contributed by atoms with Gasteiger partial charge in [-0.15, -0.1) is 0 Å². The lowest BCUT2D eigenvalue weighted by Gasteiger charge is -2.26. The van der Waals surface area contributed by atoms with Gasteiger partial charge in [0.2, 0.25) is 0 Å². The lowest BCUT2D eigenvalue weighted by Crippen LogP contribution is -2.30. The Bertz CT molecular complexity index is 521. The second-order valence-corrected chi connectivity index (χ2v) is 5.32. The van der Waals surface area contributed by atoms with E-state index in [0.717, 1.165) is 12.8 Å². The van der Waals surface area contributed by atoms with E-state index in [1.54, 1.807) is 7.11 Å². The van der Waals surface area contributed by atoms with Gasteiger partial charge in [0, 0.05) is 7.11 Å². The largest absolute Gasteiger partial charge is 0.379 e. The van der Waals surface area contributed by atoms with E-state index in [9.17, 15) is 0 Å². The number of hydrogen-bond donors (Lipinski definition) is 1. The molecule has 2 heteroatoms. The molecular formula is C19H25NO. The van der Waals surface area contributed by atoms with E-state index in [2.05, 4.69) is 60.8 Å². The first-order chi connectivity index (χ1) is 10.3. The van der Waals surface area contributed by atoms with Crippen molar-refractivity contribution in [3.8, 4) is 11.1 Å². The number of likely N-dealkylation sites (N-methyl/N-ethyl adjacent to an activating group) is 1. The lowest BCUT2D eigenvalue weighted by atomic mass is 9.96. The van der Waals surface area contributed by atoms with Crippen LogP contribution in [0.4, 0.5) is 0 Å². The number of rotatable bonds is 7. The summed E-state index contributed by atoms with van der Waals surface area (Å²) in [6, 6.07) is 19.5. The molecule has 112 valence electrons. The van der Waals surface area contributed by atoms with Gasteiger partial charge in [0.05, 0.1) is 12.1 Å². The van der Waals surface area contributed by atoms with Crippen molar-refractivity contribution in [2.24, 2.45) is 0 Å². The Morgan fingerprint density at radius 3 is 2.10 bits per heavy atom. The van der Waals surface area contributed by atoms with E-state index in [0.29, 0.717) is 0 Å². The molecule has 2 aromatic rings. The van der Waals surface area contributed by atoms with Gasteiger partial charge in [0.15, 0.2) is 0 Å². The van der Waals surface area contributed by atoms with Crippen LogP contribution in [0.15, 0.2) is 54.6 Å². The number of methoxy groups -OCH3 is 1. The fourth-order valence-electron chi connectivity index (χ4n) is 2.79. The van der Waals surface area contributed by atoms with E-state index < -0.39 is 0 Å². The highest BCUT2D eigenvalue weighted by molar-refractivity contribution is 5.63. The predicted octanol–water partition coefficient (Wildman–Crippen LogP) is 4.43. The molecule has 0 heterocycles. The number of benzene rings is 2. The fourth-order valence-corrected chi connectivity index (χ4v) is 2.79. The average Bonchev–Trinajstić information content (AvgIpc) is 2.56. The van der Waals surface area contributed by atoms with E-state index in [-0.39, 0.29) is 12.1 Å². The summed E-state index contributed by atoms with van der Waals surface area (Å²) in [5.41, 5.74) is 3.78. The zero-order valence-electron chi connectivity index (χ0n) is 13.2.